The van der Waals surface area contributed by atoms with E-state index in [0.29, 0.717) is 16.1 Å². The summed E-state index contributed by atoms with van der Waals surface area (Å²) in [5, 5.41) is 15.5. The number of amides is 1. The fourth-order valence-corrected chi connectivity index (χ4v) is 2.54. The Kier molecular flexibility index (Phi) is 4.06. The van der Waals surface area contributed by atoms with Gasteiger partial charge in [0.2, 0.25) is 0 Å². The highest BCUT2D eigenvalue weighted by Gasteiger charge is 2.13. The van der Waals surface area contributed by atoms with E-state index in [2.05, 4.69) is 5.32 Å². The van der Waals surface area contributed by atoms with Crippen molar-refractivity contribution in [2.45, 2.75) is 0 Å². The molecule has 0 spiro atoms. The van der Waals surface area contributed by atoms with Crippen molar-refractivity contribution in [2.75, 3.05) is 5.32 Å². The molecule has 2 aromatic rings. The molecule has 0 aliphatic heterocycles. The maximum Gasteiger partial charge on any atom is 0.269 e. The second kappa shape index (κ2) is 5.76. The molecule has 1 aromatic carbocycles. The lowest BCUT2D eigenvalue weighted by Gasteiger charge is -2.05. The molecule has 0 fully saturated rings. The number of nitro groups is 1. The lowest BCUT2D eigenvalue weighted by Crippen LogP contribution is -2.15. The molecule has 1 heterocycles. The Morgan fingerprint density at radius 2 is 1.95 bits per heavy atom. The van der Waals surface area contributed by atoms with Crippen LogP contribution in [-0.4, -0.2) is 15.8 Å². The summed E-state index contributed by atoms with van der Waals surface area (Å²) in [5.74, 6) is -0.375. The number of benzene rings is 1. The number of non-ortho nitro benzene ring substituents is 1. The summed E-state index contributed by atoms with van der Waals surface area (Å²) in [6.07, 6.45) is 0. The van der Waals surface area contributed by atoms with Crippen molar-refractivity contribution in [1.82, 2.24) is 0 Å². The number of nitrogens with two attached hydrogens (primary N) is 1. The van der Waals surface area contributed by atoms with Gasteiger partial charge in [-0.25, -0.2) is 0 Å². The van der Waals surface area contributed by atoms with E-state index < -0.39 is 4.92 Å². The van der Waals surface area contributed by atoms with Gasteiger partial charge in [-0.2, -0.15) is 0 Å². The standard InChI is InChI=1S/C12H9N3O3S2/c13-10(19)9-5-6-20-12(9)14-11(16)7-1-3-8(4-2-7)15(17)18/h1-6H,(H2,13,19)(H,14,16). The third-order valence-corrected chi connectivity index (χ3v) is 3.55. The quantitative estimate of drug-likeness (QED) is 0.514. The molecule has 0 aliphatic carbocycles. The number of rotatable bonds is 4. The van der Waals surface area contributed by atoms with Crippen molar-refractivity contribution >= 4 is 45.1 Å². The van der Waals surface area contributed by atoms with E-state index in [9.17, 15) is 14.9 Å². The van der Waals surface area contributed by atoms with Gasteiger partial charge in [-0.1, -0.05) is 12.2 Å². The van der Waals surface area contributed by atoms with Gasteiger partial charge in [-0.05, 0) is 23.6 Å². The van der Waals surface area contributed by atoms with E-state index in [1.54, 1.807) is 11.4 Å². The van der Waals surface area contributed by atoms with Crippen LogP contribution in [0, 0.1) is 10.1 Å². The van der Waals surface area contributed by atoms with Crippen LogP contribution in [0.15, 0.2) is 35.7 Å². The largest absolute Gasteiger partial charge is 0.389 e. The Balaban J connectivity index is 2.17. The lowest BCUT2D eigenvalue weighted by atomic mass is 10.2. The van der Waals surface area contributed by atoms with E-state index in [-0.39, 0.29) is 16.6 Å². The van der Waals surface area contributed by atoms with Crippen molar-refractivity contribution < 1.29 is 9.72 Å². The first-order chi connectivity index (χ1) is 9.49. The predicted molar refractivity (Wildman–Crippen MR) is 81.3 cm³/mol. The highest BCUT2D eigenvalue weighted by atomic mass is 32.1. The monoisotopic (exact) mass is 307 g/mol. The number of thiocarbonyl (C=S) groups is 1. The highest BCUT2D eigenvalue weighted by molar-refractivity contribution is 7.80. The third kappa shape index (κ3) is 2.98. The number of nitrogens with zero attached hydrogens (tertiary/aromatic N) is 1. The summed E-state index contributed by atoms with van der Waals surface area (Å²) in [7, 11) is 0. The number of thiophene rings is 1. The van der Waals surface area contributed by atoms with Gasteiger partial charge in [-0.15, -0.1) is 11.3 Å². The summed E-state index contributed by atoms with van der Waals surface area (Å²) in [6, 6.07) is 7.05. The molecule has 0 saturated carbocycles. The Bertz CT molecular complexity index is 680. The molecule has 8 heteroatoms. The van der Waals surface area contributed by atoms with Gasteiger partial charge in [0.15, 0.2) is 0 Å². The second-order valence-corrected chi connectivity index (χ2v) is 5.14. The van der Waals surface area contributed by atoms with Crippen molar-refractivity contribution in [3.8, 4) is 0 Å². The van der Waals surface area contributed by atoms with Crippen LogP contribution in [0.25, 0.3) is 0 Å². The molecule has 0 bridgehead atoms. The minimum Gasteiger partial charge on any atom is -0.389 e. The van der Waals surface area contributed by atoms with Gasteiger partial charge in [0.25, 0.3) is 11.6 Å². The maximum absolute atomic E-state index is 12.0. The van der Waals surface area contributed by atoms with E-state index in [0.717, 1.165) is 0 Å². The second-order valence-electron chi connectivity index (χ2n) is 3.79. The molecule has 6 nitrogen and oxygen atoms in total. The molecule has 102 valence electrons. The summed E-state index contributed by atoms with van der Waals surface area (Å²) in [5.41, 5.74) is 6.39. The first kappa shape index (κ1) is 14.1. The Hall–Kier alpha value is -2.32. The van der Waals surface area contributed by atoms with Crippen molar-refractivity contribution in [3.63, 3.8) is 0 Å². The predicted octanol–water partition coefficient (Wildman–Crippen LogP) is 2.54. The summed E-state index contributed by atoms with van der Waals surface area (Å²) in [4.78, 5) is 22.2. The molecular weight excluding hydrogens is 298 g/mol. The summed E-state index contributed by atoms with van der Waals surface area (Å²) < 4.78 is 0. The number of anilines is 1. The van der Waals surface area contributed by atoms with E-state index in [4.69, 9.17) is 18.0 Å². The highest BCUT2D eigenvalue weighted by Crippen LogP contribution is 2.24. The molecule has 1 aromatic heterocycles. The van der Waals surface area contributed by atoms with Gasteiger partial charge >= 0.3 is 0 Å². The van der Waals surface area contributed by atoms with Crippen LogP contribution in [0.3, 0.4) is 0 Å². The number of carbonyl (C=O) groups is 1. The van der Waals surface area contributed by atoms with Gasteiger partial charge < -0.3 is 11.1 Å². The minimum atomic E-state index is -0.522. The molecule has 0 unspecified atom stereocenters. The number of nitro benzene ring substituents is 1. The number of carbonyl (C=O) groups excluding carboxylic acids is 1. The summed E-state index contributed by atoms with van der Waals surface area (Å²) >= 11 is 6.18. The van der Waals surface area contributed by atoms with Gasteiger partial charge in [0.1, 0.15) is 9.99 Å². The zero-order valence-electron chi connectivity index (χ0n) is 10.0. The molecule has 2 rings (SSSR count). The molecule has 3 N–H and O–H groups in total. The number of hydrogen-bond donors (Lipinski definition) is 2. The number of hydrogen-bond acceptors (Lipinski definition) is 5. The number of nitrogens with one attached hydrogen (secondary N) is 1. The lowest BCUT2D eigenvalue weighted by molar-refractivity contribution is -0.384. The zero-order valence-corrected chi connectivity index (χ0v) is 11.7. The third-order valence-electron chi connectivity index (χ3n) is 2.50. The Labute approximate surface area is 123 Å². The van der Waals surface area contributed by atoms with Crippen molar-refractivity contribution in [2.24, 2.45) is 5.73 Å². The van der Waals surface area contributed by atoms with Crippen LogP contribution in [0.2, 0.25) is 0 Å². The average Bonchev–Trinajstić information content (AvgIpc) is 2.87. The van der Waals surface area contributed by atoms with E-state index in [1.807, 2.05) is 0 Å². The Morgan fingerprint density at radius 1 is 1.30 bits per heavy atom. The fourth-order valence-electron chi connectivity index (χ4n) is 1.51. The molecule has 20 heavy (non-hydrogen) atoms. The average molecular weight is 307 g/mol. The van der Waals surface area contributed by atoms with Gasteiger partial charge in [0, 0.05) is 23.3 Å². The molecule has 0 saturated heterocycles. The smallest absolute Gasteiger partial charge is 0.269 e. The van der Waals surface area contributed by atoms with Crippen LogP contribution in [0.4, 0.5) is 10.7 Å². The van der Waals surface area contributed by atoms with Gasteiger partial charge in [0.05, 0.1) is 4.92 Å². The van der Waals surface area contributed by atoms with Crippen molar-refractivity contribution in [1.29, 1.82) is 0 Å². The fraction of sp³-hybridized carbons (Fsp3) is 0. The van der Waals surface area contributed by atoms with Gasteiger partial charge in [-0.3, -0.25) is 14.9 Å². The molecule has 1 amide bonds. The van der Waals surface area contributed by atoms with Crippen LogP contribution >= 0.6 is 23.6 Å². The molecular formula is C12H9N3O3S2. The van der Waals surface area contributed by atoms with E-state index in [1.165, 1.54) is 35.6 Å². The zero-order chi connectivity index (χ0) is 14.7. The van der Waals surface area contributed by atoms with Crippen LogP contribution < -0.4 is 11.1 Å². The summed E-state index contributed by atoms with van der Waals surface area (Å²) in [6.45, 7) is 0. The normalized spacial score (nSPS) is 10.0. The first-order valence-corrected chi connectivity index (χ1v) is 6.71. The van der Waals surface area contributed by atoms with E-state index >= 15 is 0 Å². The van der Waals surface area contributed by atoms with Crippen LogP contribution in [0.1, 0.15) is 15.9 Å². The Morgan fingerprint density at radius 3 is 2.50 bits per heavy atom. The SMILES string of the molecule is NC(=S)c1ccsc1NC(=O)c1ccc([N+](=O)[O-])cc1. The topological polar surface area (TPSA) is 98.3 Å². The van der Waals surface area contributed by atoms with Crippen LogP contribution in [-0.2, 0) is 0 Å². The molecule has 0 aliphatic rings. The molecule has 0 radical (unpaired) electrons. The maximum atomic E-state index is 12.0. The first-order valence-electron chi connectivity index (χ1n) is 5.42. The van der Waals surface area contributed by atoms with Crippen molar-refractivity contribution in [3.05, 3.63) is 57.0 Å². The van der Waals surface area contributed by atoms with Crippen LogP contribution in [0.5, 0.6) is 0 Å². The molecule has 0 atom stereocenters. The minimum absolute atomic E-state index is 0.0681.